The zero-order valence-electron chi connectivity index (χ0n) is 15.9. The normalized spacial score (nSPS) is 10.3. The first-order valence-corrected chi connectivity index (χ1v) is 8.83. The number of nitrogens with one attached hydrogen (secondary N) is 1. The molecule has 2 aromatic rings. The summed E-state index contributed by atoms with van der Waals surface area (Å²) in [5.74, 6) is 0.0494. The summed E-state index contributed by atoms with van der Waals surface area (Å²) >= 11 is 0. The standard InChI is InChI=1S/C21H25NO5/c1-4-5-12-27-21(24)15-6-9-18(10-7-15)22-20(23)16-8-11-19(26-3)17(13-16)14-25-2/h6-11,13H,4-5,12,14H2,1-3H3,(H,22,23). The molecule has 2 aromatic carbocycles. The monoisotopic (exact) mass is 371 g/mol. The molecule has 27 heavy (non-hydrogen) atoms. The van der Waals surface area contributed by atoms with Crippen molar-refractivity contribution in [2.24, 2.45) is 0 Å². The minimum Gasteiger partial charge on any atom is -0.496 e. The Balaban J connectivity index is 2.03. The quantitative estimate of drug-likeness (QED) is 0.532. The predicted octanol–water partition coefficient (Wildman–Crippen LogP) is 4.05. The van der Waals surface area contributed by atoms with Crippen LogP contribution in [0.1, 0.15) is 46.0 Å². The Hall–Kier alpha value is -2.86. The maximum absolute atomic E-state index is 12.5. The highest BCUT2D eigenvalue weighted by atomic mass is 16.5. The smallest absolute Gasteiger partial charge is 0.338 e. The topological polar surface area (TPSA) is 73.9 Å². The third-order valence-electron chi connectivity index (χ3n) is 3.95. The van der Waals surface area contributed by atoms with Crippen LogP contribution in [0.15, 0.2) is 42.5 Å². The summed E-state index contributed by atoms with van der Waals surface area (Å²) in [6.07, 6.45) is 1.81. The van der Waals surface area contributed by atoms with E-state index in [0.717, 1.165) is 18.4 Å². The molecule has 0 unspecified atom stereocenters. The van der Waals surface area contributed by atoms with Crippen molar-refractivity contribution in [1.82, 2.24) is 0 Å². The van der Waals surface area contributed by atoms with Crippen molar-refractivity contribution < 1.29 is 23.8 Å². The summed E-state index contributed by atoms with van der Waals surface area (Å²) in [5, 5.41) is 2.81. The Morgan fingerprint density at radius 2 is 1.70 bits per heavy atom. The first-order chi connectivity index (χ1) is 13.1. The van der Waals surface area contributed by atoms with E-state index < -0.39 is 0 Å². The average molecular weight is 371 g/mol. The fourth-order valence-electron chi connectivity index (χ4n) is 2.47. The van der Waals surface area contributed by atoms with Gasteiger partial charge in [0.25, 0.3) is 5.91 Å². The Kier molecular flexibility index (Phi) is 7.82. The molecule has 6 heteroatoms. The summed E-state index contributed by atoms with van der Waals surface area (Å²) in [4.78, 5) is 24.4. The van der Waals surface area contributed by atoms with Gasteiger partial charge in [0.1, 0.15) is 5.75 Å². The average Bonchev–Trinajstić information content (AvgIpc) is 2.69. The maximum Gasteiger partial charge on any atom is 0.338 e. The van der Waals surface area contributed by atoms with Crippen LogP contribution in [0, 0.1) is 0 Å². The van der Waals surface area contributed by atoms with Crippen LogP contribution in [0.4, 0.5) is 5.69 Å². The van der Waals surface area contributed by atoms with Crippen LogP contribution in [0.5, 0.6) is 5.75 Å². The van der Waals surface area contributed by atoms with Crippen molar-refractivity contribution in [2.75, 3.05) is 26.1 Å². The number of amides is 1. The fraction of sp³-hybridized carbons (Fsp3) is 0.333. The zero-order chi connectivity index (χ0) is 19.6. The highest BCUT2D eigenvalue weighted by Crippen LogP contribution is 2.21. The molecule has 1 amide bonds. The van der Waals surface area contributed by atoms with Crippen LogP contribution in [0.3, 0.4) is 0 Å². The van der Waals surface area contributed by atoms with Crippen molar-refractivity contribution in [2.45, 2.75) is 26.4 Å². The summed E-state index contributed by atoms with van der Waals surface area (Å²) in [5.41, 5.74) is 2.33. The molecule has 2 rings (SSSR count). The van der Waals surface area contributed by atoms with Crippen molar-refractivity contribution in [3.63, 3.8) is 0 Å². The molecule has 0 heterocycles. The first kappa shape index (κ1) is 20.5. The van der Waals surface area contributed by atoms with Gasteiger partial charge in [-0.1, -0.05) is 13.3 Å². The van der Waals surface area contributed by atoms with Gasteiger partial charge < -0.3 is 19.5 Å². The van der Waals surface area contributed by atoms with E-state index in [0.29, 0.717) is 35.8 Å². The van der Waals surface area contributed by atoms with Crippen LogP contribution in [-0.2, 0) is 16.1 Å². The Morgan fingerprint density at radius 3 is 2.33 bits per heavy atom. The second-order valence-corrected chi connectivity index (χ2v) is 5.98. The molecule has 0 aliphatic rings. The number of unbranched alkanes of at least 4 members (excludes halogenated alkanes) is 1. The molecule has 0 atom stereocenters. The van der Waals surface area contributed by atoms with Gasteiger partial charge in [-0.15, -0.1) is 0 Å². The molecule has 0 spiro atoms. The lowest BCUT2D eigenvalue weighted by Crippen LogP contribution is -2.13. The maximum atomic E-state index is 12.5. The molecule has 144 valence electrons. The van der Waals surface area contributed by atoms with Crippen LogP contribution < -0.4 is 10.1 Å². The van der Waals surface area contributed by atoms with Gasteiger partial charge in [0.05, 0.1) is 25.9 Å². The molecule has 0 fully saturated rings. The van der Waals surface area contributed by atoms with E-state index in [1.807, 2.05) is 6.92 Å². The molecule has 0 radical (unpaired) electrons. The van der Waals surface area contributed by atoms with Gasteiger partial charge in [0.2, 0.25) is 0 Å². The van der Waals surface area contributed by atoms with Crippen LogP contribution in [0.25, 0.3) is 0 Å². The molecular weight excluding hydrogens is 346 g/mol. The number of hydrogen-bond acceptors (Lipinski definition) is 5. The summed E-state index contributed by atoms with van der Waals surface area (Å²) in [6.45, 7) is 2.79. The van der Waals surface area contributed by atoms with E-state index in [9.17, 15) is 9.59 Å². The van der Waals surface area contributed by atoms with Crippen molar-refractivity contribution in [1.29, 1.82) is 0 Å². The number of carbonyl (C=O) groups is 2. The Morgan fingerprint density at radius 1 is 1.00 bits per heavy atom. The number of rotatable bonds is 9. The van der Waals surface area contributed by atoms with Gasteiger partial charge in [-0.3, -0.25) is 4.79 Å². The van der Waals surface area contributed by atoms with E-state index in [1.165, 1.54) is 0 Å². The van der Waals surface area contributed by atoms with E-state index >= 15 is 0 Å². The van der Waals surface area contributed by atoms with E-state index in [2.05, 4.69) is 5.32 Å². The van der Waals surface area contributed by atoms with Crippen LogP contribution >= 0.6 is 0 Å². The minimum atomic E-state index is -0.360. The molecule has 0 aliphatic heterocycles. The van der Waals surface area contributed by atoms with Crippen LogP contribution in [-0.4, -0.2) is 32.7 Å². The van der Waals surface area contributed by atoms with Crippen molar-refractivity contribution in [3.8, 4) is 5.75 Å². The van der Waals surface area contributed by atoms with Crippen molar-refractivity contribution in [3.05, 3.63) is 59.2 Å². The first-order valence-electron chi connectivity index (χ1n) is 8.83. The number of hydrogen-bond donors (Lipinski definition) is 1. The third-order valence-corrected chi connectivity index (χ3v) is 3.95. The lowest BCUT2D eigenvalue weighted by atomic mass is 10.1. The lowest BCUT2D eigenvalue weighted by Gasteiger charge is -2.11. The summed E-state index contributed by atoms with van der Waals surface area (Å²) in [7, 11) is 3.16. The van der Waals surface area contributed by atoms with E-state index in [4.69, 9.17) is 14.2 Å². The summed E-state index contributed by atoms with van der Waals surface area (Å²) in [6, 6.07) is 11.8. The molecular formula is C21H25NO5. The minimum absolute atomic E-state index is 0.256. The molecule has 1 N–H and O–H groups in total. The summed E-state index contributed by atoms with van der Waals surface area (Å²) < 4.78 is 15.6. The van der Waals surface area contributed by atoms with Gasteiger partial charge in [-0.05, 0) is 48.9 Å². The van der Waals surface area contributed by atoms with E-state index in [-0.39, 0.29) is 11.9 Å². The van der Waals surface area contributed by atoms with Gasteiger partial charge >= 0.3 is 5.97 Å². The van der Waals surface area contributed by atoms with Crippen LogP contribution in [0.2, 0.25) is 0 Å². The lowest BCUT2D eigenvalue weighted by molar-refractivity contribution is 0.0499. The zero-order valence-corrected chi connectivity index (χ0v) is 15.9. The number of esters is 1. The largest absolute Gasteiger partial charge is 0.496 e. The molecule has 0 bridgehead atoms. The molecule has 0 saturated carbocycles. The fourth-order valence-corrected chi connectivity index (χ4v) is 2.47. The molecule has 0 saturated heterocycles. The molecule has 0 aliphatic carbocycles. The van der Waals surface area contributed by atoms with Gasteiger partial charge in [-0.25, -0.2) is 4.79 Å². The highest BCUT2D eigenvalue weighted by Gasteiger charge is 2.12. The predicted molar refractivity (Wildman–Crippen MR) is 103 cm³/mol. The number of methoxy groups -OCH3 is 2. The van der Waals surface area contributed by atoms with Crippen molar-refractivity contribution >= 4 is 17.6 Å². The Labute approximate surface area is 159 Å². The van der Waals surface area contributed by atoms with Gasteiger partial charge in [-0.2, -0.15) is 0 Å². The van der Waals surface area contributed by atoms with E-state index in [1.54, 1.807) is 56.7 Å². The number of carbonyl (C=O) groups excluding carboxylic acids is 2. The molecule has 0 aromatic heterocycles. The number of anilines is 1. The second kappa shape index (κ2) is 10.3. The number of benzene rings is 2. The SMILES string of the molecule is CCCCOC(=O)c1ccc(NC(=O)c2ccc(OC)c(COC)c2)cc1. The third kappa shape index (κ3) is 5.82. The Bertz CT molecular complexity index is 771. The van der Waals surface area contributed by atoms with Gasteiger partial charge in [0, 0.05) is 23.9 Å². The van der Waals surface area contributed by atoms with Gasteiger partial charge in [0.15, 0.2) is 0 Å². The molecule has 6 nitrogen and oxygen atoms in total. The second-order valence-electron chi connectivity index (χ2n) is 5.98. The number of ether oxygens (including phenoxy) is 3. The highest BCUT2D eigenvalue weighted by molar-refractivity contribution is 6.04.